The molecule has 0 saturated carbocycles. The van der Waals surface area contributed by atoms with Crippen molar-refractivity contribution in [3.05, 3.63) is 87.7 Å². The van der Waals surface area contributed by atoms with E-state index in [1.165, 1.54) is 24.3 Å². The first-order chi connectivity index (χ1) is 15.0. The third-order valence-electron chi connectivity index (χ3n) is 4.57. The Morgan fingerprint density at radius 2 is 1.34 bits per heavy atom. The molecule has 1 aliphatic rings. The van der Waals surface area contributed by atoms with Crippen LogP contribution in [0.2, 0.25) is 5.02 Å². The van der Waals surface area contributed by atoms with Crippen LogP contribution < -0.4 is 9.64 Å². The van der Waals surface area contributed by atoms with E-state index in [-0.39, 0.29) is 23.3 Å². The van der Waals surface area contributed by atoms with Gasteiger partial charge in [0, 0.05) is 6.07 Å². The fourth-order valence-corrected chi connectivity index (χ4v) is 3.30. The summed E-state index contributed by atoms with van der Waals surface area (Å²) < 4.78 is 86.0. The predicted octanol–water partition coefficient (Wildman–Crippen LogP) is 6.37. The van der Waals surface area contributed by atoms with Gasteiger partial charge in [-0.1, -0.05) is 23.7 Å². The number of rotatable bonds is 3. The number of halogens is 7. The molecular formula is C21H8ClF6NO3. The summed E-state index contributed by atoms with van der Waals surface area (Å²) in [6, 6.07) is 7.11. The van der Waals surface area contributed by atoms with Gasteiger partial charge in [-0.25, -0.2) is 18.1 Å². The van der Waals surface area contributed by atoms with Crippen molar-refractivity contribution in [1.29, 1.82) is 0 Å². The van der Waals surface area contributed by atoms with E-state index in [1.807, 2.05) is 0 Å². The number of anilines is 1. The van der Waals surface area contributed by atoms with Gasteiger partial charge in [-0.2, -0.15) is 13.2 Å². The molecule has 3 aromatic carbocycles. The summed E-state index contributed by atoms with van der Waals surface area (Å²) >= 11 is 5.85. The molecule has 1 heterocycles. The fourth-order valence-electron chi connectivity index (χ4n) is 3.11. The van der Waals surface area contributed by atoms with Crippen LogP contribution in [0.5, 0.6) is 11.5 Å². The van der Waals surface area contributed by atoms with E-state index in [2.05, 4.69) is 0 Å². The van der Waals surface area contributed by atoms with Crippen molar-refractivity contribution in [1.82, 2.24) is 0 Å². The van der Waals surface area contributed by atoms with Crippen LogP contribution in [0.15, 0.2) is 48.5 Å². The highest BCUT2D eigenvalue weighted by atomic mass is 35.5. The minimum atomic E-state index is -5.01. The third-order valence-corrected chi connectivity index (χ3v) is 4.87. The Kier molecular flexibility index (Phi) is 5.12. The molecule has 3 aromatic rings. The average Bonchev–Trinajstić information content (AvgIpc) is 2.96. The number of alkyl halides is 3. The zero-order valence-corrected chi connectivity index (χ0v) is 16.2. The molecule has 0 fully saturated rings. The molecule has 0 unspecified atom stereocenters. The summed E-state index contributed by atoms with van der Waals surface area (Å²) in [5.74, 6) is -8.06. The van der Waals surface area contributed by atoms with Crippen molar-refractivity contribution in [2.24, 2.45) is 0 Å². The van der Waals surface area contributed by atoms with Crippen LogP contribution in [0.25, 0.3) is 0 Å². The Morgan fingerprint density at radius 3 is 1.84 bits per heavy atom. The lowest BCUT2D eigenvalue weighted by atomic mass is 10.1. The number of benzene rings is 3. The summed E-state index contributed by atoms with van der Waals surface area (Å²) in [6.45, 7) is 0. The van der Waals surface area contributed by atoms with Gasteiger partial charge in [-0.3, -0.25) is 9.59 Å². The minimum Gasteiger partial charge on any atom is -0.450 e. The van der Waals surface area contributed by atoms with Crippen molar-refractivity contribution < 1.29 is 40.7 Å². The molecule has 32 heavy (non-hydrogen) atoms. The number of fused-ring (bicyclic) bond motifs is 1. The molecule has 0 saturated heterocycles. The molecule has 0 N–H and O–H groups in total. The maximum atomic E-state index is 14.6. The first-order valence-electron chi connectivity index (χ1n) is 8.70. The zero-order valence-electron chi connectivity index (χ0n) is 15.4. The second-order valence-electron chi connectivity index (χ2n) is 6.59. The number of carbonyl (C=O) groups is 2. The van der Waals surface area contributed by atoms with Gasteiger partial charge >= 0.3 is 6.18 Å². The molecule has 0 atom stereocenters. The predicted molar refractivity (Wildman–Crippen MR) is 100 cm³/mol. The van der Waals surface area contributed by atoms with E-state index >= 15 is 0 Å². The van der Waals surface area contributed by atoms with Gasteiger partial charge in [0.15, 0.2) is 17.4 Å². The second-order valence-corrected chi connectivity index (χ2v) is 7.00. The van der Waals surface area contributed by atoms with E-state index in [9.17, 15) is 35.9 Å². The van der Waals surface area contributed by atoms with Gasteiger partial charge < -0.3 is 4.74 Å². The highest BCUT2D eigenvalue weighted by Gasteiger charge is 2.38. The molecule has 4 nitrogen and oxygen atoms in total. The SMILES string of the molecule is O=C1c2ccccc2C(=O)N1c1cc(Oc2c(F)cc(C(F)(F)F)cc2F)c(Cl)cc1F. The van der Waals surface area contributed by atoms with Crippen LogP contribution >= 0.6 is 11.6 Å². The highest BCUT2D eigenvalue weighted by molar-refractivity contribution is 6.35. The minimum absolute atomic E-state index is 0.00847. The summed E-state index contributed by atoms with van der Waals surface area (Å²) in [4.78, 5) is 25.7. The Balaban J connectivity index is 1.76. The van der Waals surface area contributed by atoms with E-state index in [4.69, 9.17) is 16.3 Å². The summed E-state index contributed by atoms with van der Waals surface area (Å²) in [5.41, 5.74) is -2.19. The first-order valence-corrected chi connectivity index (χ1v) is 9.07. The number of carbonyl (C=O) groups excluding carboxylic acids is 2. The maximum absolute atomic E-state index is 14.6. The van der Waals surface area contributed by atoms with Crippen molar-refractivity contribution in [2.45, 2.75) is 6.18 Å². The Morgan fingerprint density at radius 1 is 0.812 bits per heavy atom. The number of hydrogen-bond acceptors (Lipinski definition) is 3. The van der Waals surface area contributed by atoms with E-state index in [0.717, 1.165) is 6.07 Å². The van der Waals surface area contributed by atoms with E-state index in [0.29, 0.717) is 11.0 Å². The van der Waals surface area contributed by atoms with Gasteiger partial charge in [0.2, 0.25) is 0 Å². The Hall–Kier alpha value is -3.53. The van der Waals surface area contributed by atoms with Gasteiger partial charge in [0.05, 0.1) is 27.4 Å². The molecule has 164 valence electrons. The van der Waals surface area contributed by atoms with Crippen LogP contribution in [0.1, 0.15) is 26.3 Å². The highest BCUT2D eigenvalue weighted by Crippen LogP contribution is 2.40. The van der Waals surface area contributed by atoms with Crippen molar-refractivity contribution in [3.8, 4) is 11.5 Å². The number of amides is 2. The lowest BCUT2D eigenvalue weighted by molar-refractivity contribution is -0.138. The normalized spacial score (nSPS) is 13.5. The maximum Gasteiger partial charge on any atom is 0.416 e. The number of ether oxygens (including phenoxy) is 1. The smallest absolute Gasteiger partial charge is 0.416 e. The second kappa shape index (κ2) is 7.56. The van der Waals surface area contributed by atoms with Crippen molar-refractivity contribution >= 4 is 29.1 Å². The summed E-state index contributed by atoms with van der Waals surface area (Å²) in [7, 11) is 0. The van der Waals surface area contributed by atoms with Crippen LogP contribution in [-0.4, -0.2) is 11.8 Å². The summed E-state index contributed by atoms with van der Waals surface area (Å²) in [6.07, 6.45) is -5.01. The molecule has 11 heteroatoms. The molecule has 1 aliphatic heterocycles. The number of nitrogens with zero attached hydrogens (tertiary/aromatic N) is 1. The molecule has 0 bridgehead atoms. The Labute approximate surface area is 180 Å². The zero-order chi connectivity index (χ0) is 23.4. The molecular weight excluding hydrogens is 464 g/mol. The van der Waals surface area contributed by atoms with Crippen molar-refractivity contribution in [3.63, 3.8) is 0 Å². The molecule has 0 radical (unpaired) electrons. The van der Waals surface area contributed by atoms with Gasteiger partial charge in [0.25, 0.3) is 11.8 Å². The summed E-state index contributed by atoms with van der Waals surface area (Å²) in [5, 5.41) is -0.512. The monoisotopic (exact) mass is 471 g/mol. The van der Waals surface area contributed by atoms with Gasteiger partial charge in [0.1, 0.15) is 11.6 Å². The van der Waals surface area contributed by atoms with Crippen LogP contribution in [0, 0.1) is 17.5 Å². The number of hydrogen-bond donors (Lipinski definition) is 0. The first kappa shape index (κ1) is 21.7. The van der Waals surface area contributed by atoms with Crippen LogP contribution in [0.4, 0.5) is 32.0 Å². The van der Waals surface area contributed by atoms with E-state index < -0.39 is 63.2 Å². The van der Waals surface area contributed by atoms with Crippen LogP contribution in [0.3, 0.4) is 0 Å². The topological polar surface area (TPSA) is 46.6 Å². The van der Waals surface area contributed by atoms with Crippen molar-refractivity contribution in [2.75, 3.05) is 4.90 Å². The lowest BCUT2D eigenvalue weighted by Crippen LogP contribution is -2.30. The standard InChI is InChI=1S/C21H8ClF6NO3/c22-12-7-13(23)16(29-19(30)10-3-1-2-4-11(10)20(29)31)8-17(12)32-18-14(24)5-9(6-15(18)25)21(26,27)28/h1-8H. The largest absolute Gasteiger partial charge is 0.450 e. The fraction of sp³-hybridized carbons (Fsp3) is 0.0476. The lowest BCUT2D eigenvalue weighted by Gasteiger charge is -2.18. The quantitative estimate of drug-likeness (QED) is 0.329. The van der Waals surface area contributed by atoms with Crippen LogP contribution in [-0.2, 0) is 6.18 Å². The third kappa shape index (κ3) is 3.56. The average molecular weight is 472 g/mol. The molecule has 0 spiro atoms. The van der Waals surface area contributed by atoms with Gasteiger partial charge in [-0.05, 0) is 30.3 Å². The van der Waals surface area contributed by atoms with E-state index in [1.54, 1.807) is 0 Å². The Bertz CT molecular complexity index is 1230. The molecule has 4 rings (SSSR count). The number of imide groups is 1. The molecule has 2 amide bonds. The molecule has 0 aliphatic carbocycles. The molecule has 0 aromatic heterocycles. The van der Waals surface area contributed by atoms with Gasteiger partial charge in [-0.15, -0.1) is 0 Å².